The van der Waals surface area contributed by atoms with Crippen LogP contribution in [0.25, 0.3) is 0 Å². The molecular formula is C18H34N2O. The molecule has 3 nitrogen and oxygen atoms in total. The van der Waals surface area contributed by atoms with Gasteiger partial charge >= 0.3 is 0 Å². The number of nitrogens with zero attached hydrogens (tertiary/aromatic N) is 2. The first-order valence-electron chi connectivity index (χ1n) is 9.03. The molecule has 0 aromatic rings. The summed E-state index contributed by atoms with van der Waals surface area (Å²) < 4.78 is 0. The molecule has 0 aromatic carbocycles. The van der Waals surface area contributed by atoms with Crippen molar-refractivity contribution in [3.8, 4) is 0 Å². The van der Waals surface area contributed by atoms with Crippen LogP contribution in [0, 0.1) is 17.8 Å². The van der Waals surface area contributed by atoms with Gasteiger partial charge < -0.3 is 4.90 Å². The third-order valence-electron chi connectivity index (χ3n) is 6.00. The maximum Gasteiger partial charge on any atom is 0.139 e. The highest BCUT2D eigenvalue weighted by molar-refractivity contribution is 5.83. The van der Waals surface area contributed by atoms with E-state index in [0.717, 1.165) is 25.3 Å². The van der Waals surface area contributed by atoms with Crippen molar-refractivity contribution in [2.45, 2.75) is 58.9 Å². The number of carbonyl (C=O) groups excluding carboxylic acids is 1. The third kappa shape index (κ3) is 4.07. The van der Waals surface area contributed by atoms with Crippen LogP contribution in [0.2, 0.25) is 0 Å². The minimum Gasteiger partial charge on any atom is -0.304 e. The van der Waals surface area contributed by atoms with Crippen molar-refractivity contribution >= 4 is 5.78 Å². The SMILES string of the molecule is CCC(C)C(=O)C1CCC(N2CCN(C)CC2)CC1CC. The lowest BCUT2D eigenvalue weighted by Gasteiger charge is -2.44. The number of rotatable bonds is 5. The predicted molar refractivity (Wildman–Crippen MR) is 88.4 cm³/mol. The van der Waals surface area contributed by atoms with E-state index in [1.165, 1.54) is 39.0 Å². The minimum atomic E-state index is 0.254. The van der Waals surface area contributed by atoms with Gasteiger partial charge in [0, 0.05) is 44.1 Å². The Morgan fingerprint density at radius 1 is 1.14 bits per heavy atom. The first kappa shape index (κ1) is 17.0. The topological polar surface area (TPSA) is 23.6 Å². The molecule has 4 unspecified atom stereocenters. The lowest BCUT2D eigenvalue weighted by atomic mass is 9.71. The Labute approximate surface area is 131 Å². The molecule has 0 spiro atoms. The summed E-state index contributed by atoms with van der Waals surface area (Å²) in [7, 11) is 2.22. The number of hydrogen-bond donors (Lipinski definition) is 0. The van der Waals surface area contributed by atoms with E-state index in [1.807, 2.05) is 0 Å². The van der Waals surface area contributed by atoms with Crippen molar-refractivity contribution in [3.05, 3.63) is 0 Å². The van der Waals surface area contributed by atoms with Crippen LogP contribution in [0.1, 0.15) is 52.9 Å². The second-order valence-electron chi connectivity index (χ2n) is 7.29. The number of likely N-dealkylation sites (N-methyl/N-ethyl adjacent to an activating group) is 1. The van der Waals surface area contributed by atoms with Crippen LogP contribution in [0.5, 0.6) is 0 Å². The average Bonchev–Trinajstić information content (AvgIpc) is 2.53. The number of Topliss-reactive ketones (excluding diaryl/α,β-unsaturated/α-hetero) is 1. The number of ketones is 1. The van der Waals surface area contributed by atoms with Gasteiger partial charge in [-0.1, -0.05) is 27.2 Å². The summed E-state index contributed by atoms with van der Waals surface area (Å²) in [4.78, 5) is 17.7. The van der Waals surface area contributed by atoms with E-state index in [2.05, 4.69) is 37.6 Å². The van der Waals surface area contributed by atoms with Crippen molar-refractivity contribution in [2.24, 2.45) is 17.8 Å². The highest BCUT2D eigenvalue weighted by atomic mass is 16.1. The standard InChI is InChI=1S/C18H34N2O/c1-5-14(3)18(21)17-8-7-16(13-15(17)6-2)20-11-9-19(4)10-12-20/h14-17H,5-13H2,1-4H3. The molecule has 2 rings (SSSR count). The molecule has 0 bridgehead atoms. The van der Waals surface area contributed by atoms with Gasteiger partial charge in [-0.25, -0.2) is 0 Å². The van der Waals surface area contributed by atoms with Gasteiger partial charge in [-0.3, -0.25) is 9.69 Å². The van der Waals surface area contributed by atoms with E-state index in [4.69, 9.17) is 0 Å². The summed E-state index contributed by atoms with van der Waals surface area (Å²) in [6.45, 7) is 11.3. The molecule has 4 atom stereocenters. The van der Waals surface area contributed by atoms with Crippen molar-refractivity contribution < 1.29 is 4.79 Å². The summed E-state index contributed by atoms with van der Waals surface area (Å²) in [5.74, 6) is 1.75. The molecule has 21 heavy (non-hydrogen) atoms. The maximum absolute atomic E-state index is 12.6. The Morgan fingerprint density at radius 2 is 1.81 bits per heavy atom. The van der Waals surface area contributed by atoms with Crippen molar-refractivity contribution in [1.29, 1.82) is 0 Å². The molecule has 1 saturated carbocycles. The lowest BCUT2D eigenvalue weighted by molar-refractivity contribution is -0.130. The molecular weight excluding hydrogens is 260 g/mol. The van der Waals surface area contributed by atoms with Crippen molar-refractivity contribution in [3.63, 3.8) is 0 Å². The van der Waals surface area contributed by atoms with Gasteiger partial charge in [0.1, 0.15) is 5.78 Å². The van der Waals surface area contributed by atoms with Crippen LogP contribution >= 0.6 is 0 Å². The largest absolute Gasteiger partial charge is 0.304 e. The second kappa shape index (κ2) is 7.73. The first-order valence-corrected chi connectivity index (χ1v) is 9.03. The molecule has 1 aliphatic carbocycles. The quantitative estimate of drug-likeness (QED) is 0.778. The third-order valence-corrected chi connectivity index (χ3v) is 6.00. The van der Waals surface area contributed by atoms with E-state index < -0.39 is 0 Å². The Hall–Kier alpha value is -0.410. The van der Waals surface area contributed by atoms with E-state index in [0.29, 0.717) is 17.6 Å². The van der Waals surface area contributed by atoms with Gasteiger partial charge in [-0.05, 0) is 38.6 Å². The van der Waals surface area contributed by atoms with Crippen LogP contribution < -0.4 is 0 Å². The Kier molecular flexibility index (Phi) is 6.24. The summed E-state index contributed by atoms with van der Waals surface area (Å²) >= 11 is 0. The molecule has 0 N–H and O–H groups in total. The summed E-state index contributed by atoms with van der Waals surface area (Å²) in [6, 6.07) is 0.727. The molecule has 2 fully saturated rings. The van der Waals surface area contributed by atoms with Crippen molar-refractivity contribution in [1.82, 2.24) is 9.80 Å². The molecule has 122 valence electrons. The zero-order chi connectivity index (χ0) is 15.4. The van der Waals surface area contributed by atoms with Gasteiger partial charge in [0.05, 0.1) is 0 Å². The molecule has 1 saturated heterocycles. The van der Waals surface area contributed by atoms with Crippen molar-refractivity contribution in [2.75, 3.05) is 33.2 Å². The molecule has 0 amide bonds. The first-order chi connectivity index (χ1) is 10.1. The van der Waals surface area contributed by atoms with Gasteiger partial charge in [0.25, 0.3) is 0 Å². The zero-order valence-corrected chi connectivity index (χ0v) is 14.5. The van der Waals surface area contributed by atoms with Gasteiger partial charge in [-0.2, -0.15) is 0 Å². The summed E-state index contributed by atoms with van der Waals surface area (Å²) in [5, 5.41) is 0. The Balaban J connectivity index is 1.93. The minimum absolute atomic E-state index is 0.254. The fourth-order valence-electron chi connectivity index (χ4n) is 4.15. The van der Waals surface area contributed by atoms with Gasteiger partial charge in [0.15, 0.2) is 0 Å². The Morgan fingerprint density at radius 3 is 2.38 bits per heavy atom. The second-order valence-corrected chi connectivity index (χ2v) is 7.29. The molecule has 0 aromatic heterocycles. The highest BCUT2D eigenvalue weighted by Crippen LogP contribution is 2.37. The van der Waals surface area contributed by atoms with E-state index in [9.17, 15) is 4.79 Å². The fraction of sp³-hybridized carbons (Fsp3) is 0.944. The normalized spacial score (nSPS) is 33.8. The monoisotopic (exact) mass is 294 g/mol. The average molecular weight is 294 g/mol. The summed E-state index contributed by atoms with van der Waals surface area (Å²) in [6.07, 6.45) is 5.75. The fourth-order valence-corrected chi connectivity index (χ4v) is 4.15. The van der Waals surface area contributed by atoms with Gasteiger partial charge in [-0.15, -0.1) is 0 Å². The number of hydrogen-bond acceptors (Lipinski definition) is 3. The lowest BCUT2D eigenvalue weighted by Crippen LogP contribution is -2.51. The molecule has 2 aliphatic rings. The predicted octanol–water partition coefficient (Wildman–Crippen LogP) is 3.04. The van der Waals surface area contributed by atoms with E-state index >= 15 is 0 Å². The highest BCUT2D eigenvalue weighted by Gasteiger charge is 2.37. The van der Waals surface area contributed by atoms with Crippen LogP contribution in [0.3, 0.4) is 0 Å². The van der Waals surface area contributed by atoms with E-state index in [1.54, 1.807) is 0 Å². The van der Waals surface area contributed by atoms with Crippen LogP contribution in [0.15, 0.2) is 0 Å². The van der Waals surface area contributed by atoms with Crippen LogP contribution in [-0.4, -0.2) is 54.9 Å². The maximum atomic E-state index is 12.6. The number of carbonyl (C=O) groups is 1. The molecule has 0 radical (unpaired) electrons. The molecule has 1 heterocycles. The van der Waals surface area contributed by atoms with Crippen LogP contribution in [-0.2, 0) is 4.79 Å². The van der Waals surface area contributed by atoms with Crippen LogP contribution in [0.4, 0.5) is 0 Å². The molecule has 1 aliphatic heterocycles. The zero-order valence-electron chi connectivity index (χ0n) is 14.5. The van der Waals surface area contributed by atoms with Gasteiger partial charge in [0.2, 0.25) is 0 Å². The Bertz CT molecular complexity index is 336. The number of piperazine rings is 1. The summed E-state index contributed by atoms with van der Waals surface area (Å²) in [5.41, 5.74) is 0. The van der Waals surface area contributed by atoms with E-state index in [-0.39, 0.29) is 5.92 Å². The smallest absolute Gasteiger partial charge is 0.139 e. The molecule has 3 heteroatoms.